The summed E-state index contributed by atoms with van der Waals surface area (Å²) in [5, 5.41) is 3.05. The molecule has 2 heterocycles. The van der Waals surface area contributed by atoms with Crippen LogP contribution in [0.3, 0.4) is 0 Å². The monoisotopic (exact) mass is 380 g/mol. The molecule has 2 amide bonds. The molecule has 1 saturated heterocycles. The maximum Gasteiger partial charge on any atom is 0.254 e. The van der Waals surface area contributed by atoms with Crippen LogP contribution in [0.2, 0.25) is 0 Å². The van der Waals surface area contributed by atoms with Crippen LogP contribution < -0.4 is 5.32 Å². The van der Waals surface area contributed by atoms with E-state index in [9.17, 15) is 9.59 Å². The third kappa shape index (κ3) is 3.74. The second-order valence-corrected chi connectivity index (χ2v) is 8.55. The minimum absolute atomic E-state index is 0.0227. The van der Waals surface area contributed by atoms with Crippen LogP contribution in [0, 0.1) is 0 Å². The molecule has 2 aliphatic rings. The zero-order chi connectivity index (χ0) is 18.7. The predicted octanol–water partition coefficient (Wildman–Crippen LogP) is 3.61. The summed E-state index contributed by atoms with van der Waals surface area (Å²) in [5.74, 6) is 2.08. The zero-order valence-corrected chi connectivity index (χ0v) is 16.1. The Bertz CT molecular complexity index is 831. The van der Waals surface area contributed by atoms with Crippen LogP contribution in [0.4, 0.5) is 0 Å². The zero-order valence-electron chi connectivity index (χ0n) is 15.3. The Balaban J connectivity index is 1.49. The van der Waals surface area contributed by atoms with Gasteiger partial charge in [0.05, 0.1) is 5.54 Å². The summed E-state index contributed by atoms with van der Waals surface area (Å²) in [5.41, 5.74) is 2.58. The first-order chi connectivity index (χ1) is 13.2. The van der Waals surface area contributed by atoms with E-state index >= 15 is 0 Å². The third-order valence-electron chi connectivity index (χ3n) is 5.64. The topological polar surface area (TPSA) is 49.4 Å². The minimum atomic E-state index is -0.373. The number of hydrogen-bond donors (Lipinski definition) is 1. The lowest BCUT2D eigenvalue weighted by Gasteiger charge is -2.44. The SMILES string of the molecule is O=C(CC1(N2Cc3ccccc3C2=O)CCSCC1)NCc1ccccc1. The Kier molecular flexibility index (Phi) is 5.21. The molecular weight excluding hydrogens is 356 g/mol. The fourth-order valence-corrected chi connectivity index (χ4v) is 5.34. The number of fused-ring (bicyclic) bond motifs is 1. The first kappa shape index (κ1) is 18.1. The Morgan fingerprint density at radius 1 is 1.04 bits per heavy atom. The van der Waals surface area contributed by atoms with E-state index in [1.807, 2.05) is 71.3 Å². The van der Waals surface area contributed by atoms with Gasteiger partial charge >= 0.3 is 0 Å². The molecule has 140 valence electrons. The molecule has 1 N–H and O–H groups in total. The Hall–Kier alpha value is -2.27. The van der Waals surface area contributed by atoms with Crippen molar-refractivity contribution in [2.24, 2.45) is 0 Å². The van der Waals surface area contributed by atoms with Crippen molar-refractivity contribution in [1.29, 1.82) is 0 Å². The average Bonchev–Trinajstić information content (AvgIpc) is 3.06. The fraction of sp³-hybridized carbons (Fsp3) is 0.364. The van der Waals surface area contributed by atoms with Crippen LogP contribution in [-0.2, 0) is 17.9 Å². The van der Waals surface area contributed by atoms with E-state index in [1.54, 1.807) is 0 Å². The number of benzene rings is 2. The molecule has 5 heteroatoms. The molecule has 0 unspecified atom stereocenters. The highest BCUT2D eigenvalue weighted by molar-refractivity contribution is 7.99. The molecule has 0 bridgehead atoms. The second kappa shape index (κ2) is 7.77. The van der Waals surface area contributed by atoms with Gasteiger partial charge in [-0.3, -0.25) is 9.59 Å². The standard InChI is InChI=1S/C22H24N2O2S/c25-20(23-15-17-6-2-1-3-7-17)14-22(10-12-27-13-11-22)24-16-18-8-4-5-9-19(18)21(24)26/h1-9H,10-16H2,(H,23,25). The summed E-state index contributed by atoms with van der Waals surface area (Å²) in [6, 6.07) is 17.7. The van der Waals surface area contributed by atoms with Crippen LogP contribution in [-0.4, -0.2) is 33.8 Å². The summed E-state index contributed by atoms with van der Waals surface area (Å²) >= 11 is 1.91. The van der Waals surface area contributed by atoms with Crippen molar-refractivity contribution in [3.05, 3.63) is 71.3 Å². The minimum Gasteiger partial charge on any atom is -0.352 e. The van der Waals surface area contributed by atoms with Crippen molar-refractivity contribution < 1.29 is 9.59 Å². The molecule has 0 aromatic heterocycles. The molecule has 1 fully saturated rings. The van der Waals surface area contributed by atoms with Gasteiger partial charge < -0.3 is 10.2 Å². The van der Waals surface area contributed by atoms with Gasteiger partial charge in [-0.05, 0) is 41.5 Å². The molecule has 27 heavy (non-hydrogen) atoms. The van der Waals surface area contributed by atoms with Gasteiger partial charge in [-0.15, -0.1) is 0 Å². The molecule has 0 spiro atoms. The summed E-state index contributed by atoms with van der Waals surface area (Å²) in [6.45, 7) is 1.14. The number of carbonyl (C=O) groups is 2. The molecule has 2 aromatic carbocycles. The summed E-state index contributed by atoms with van der Waals surface area (Å²) in [6.07, 6.45) is 2.12. The lowest BCUT2D eigenvalue weighted by Crippen LogP contribution is -2.53. The normalized spacial score (nSPS) is 18.2. The van der Waals surface area contributed by atoms with Gasteiger partial charge in [-0.1, -0.05) is 48.5 Å². The van der Waals surface area contributed by atoms with Crippen molar-refractivity contribution in [3.8, 4) is 0 Å². The van der Waals surface area contributed by atoms with Crippen molar-refractivity contribution >= 4 is 23.6 Å². The van der Waals surface area contributed by atoms with Gasteiger partial charge in [-0.2, -0.15) is 11.8 Å². The first-order valence-electron chi connectivity index (χ1n) is 9.46. The van der Waals surface area contributed by atoms with Crippen molar-refractivity contribution in [3.63, 3.8) is 0 Å². The lowest BCUT2D eigenvalue weighted by molar-refractivity contribution is -0.124. The molecule has 0 saturated carbocycles. The fourth-order valence-electron chi connectivity index (χ4n) is 4.09. The first-order valence-corrected chi connectivity index (χ1v) is 10.6. The Morgan fingerprint density at radius 2 is 1.74 bits per heavy atom. The lowest BCUT2D eigenvalue weighted by atomic mass is 9.86. The number of nitrogens with zero attached hydrogens (tertiary/aromatic N) is 1. The quantitative estimate of drug-likeness (QED) is 0.862. The van der Waals surface area contributed by atoms with E-state index in [0.29, 0.717) is 19.5 Å². The van der Waals surface area contributed by atoms with E-state index in [0.717, 1.165) is 41.0 Å². The van der Waals surface area contributed by atoms with Gasteiger partial charge in [0.25, 0.3) is 5.91 Å². The molecular formula is C22H24N2O2S. The highest BCUT2D eigenvalue weighted by Crippen LogP contribution is 2.40. The molecule has 2 aliphatic heterocycles. The summed E-state index contributed by atoms with van der Waals surface area (Å²) in [4.78, 5) is 27.8. The number of rotatable bonds is 5. The number of amides is 2. The van der Waals surface area contributed by atoms with Gasteiger partial charge in [-0.25, -0.2) is 0 Å². The van der Waals surface area contributed by atoms with Gasteiger partial charge in [0.2, 0.25) is 5.91 Å². The highest BCUT2D eigenvalue weighted by Gasteiger charge is 2.45. The van der Waals surface area contributed by atoms with Crippen LogP contribution in [0.25, 0.3) is 0 Å². The van der Waals surface area contributed by atoms with Crippen molar-refractivity contribution in [2.75, 3.05) is 11.5 Å². The number of hydrogen-bond acceptors (Lipinski definition) is 3. The maximum atomic E-state index is 13.0. The van der Waals surface area contributed by atoms with E-state index in [4.69, 9.17) is 0 Å². The number of nitrogens with one attached hydrogen (secondary N) is 1. The molecule has 4 rings (SSSR count). The smallest absolute Gasteiger partial charge is 0.254 e. The average molecular weight is 381 g/mol. The molecule has 0 radical (unpaired) electrons. The van der Waals surface area contributed by atoms with Crippen molar-refractivity contribution in [2.45, 2.75) is 37.9 Å². The summed E-state index contributed by atoms with van der Waals surface area (Å²) < 4.78 is 0. The Labute approximate surface area is 164 Å². The van der Waals surface area contributed by atoms with Crippen LogP contribution in [0.15, 0.2) is 54.6 Å². The number of thioether (sulfide) groups is 1. The van der Waals surface area contributed by atoms with E-state index in [1.165, 1.54) is 0 Å². The third-order valence-corrected chi connectivity index (χ3v) is 6.63. The van der Waals surface area contributed by atoms with Crippen molar-refractivity contribution in [1.82, 2.24) is 10.2 Å². The van der Waals surface area contributed by atoms with Gasteiger partial charge in [0.15, 0.2) is 0 Å². The van der Waals surface area contributed by atoms with E-state index in [-0.39, 0.29) is 17.4 Å². The van der Waals surface area contributed by atoms with E-state index < -0.39 is 0 Å². The molecule has 4 nitrogen and oxygen atoms in total. The van der Waals surface area contributed by atoms with Gasteiger partial charge in [0, 0.05) is 25.1 Å². The maximum absolute atomic E-state index is 13.0. The molecule has 0 aliphatic carbocycles. The Morgan fingerprint density at radius 3 is 2.48 bits per heavy atom. The largest absolute Gasteiger partial charge is 0.352 e. The van der Waals surface area contributed by atoms with Crippen LogP contribution in [0.1, 0.15) is 40.7 Å². The van der Waals surface area contributed by atoms with Crippen LogP contribution in [0.5, 0.6) is 0 Å². The summed E-state index contributed by atoms with van der Waals surface area (Å²) in [7, 11) is 0. The molecule has 0 atom stereocenters. The highest BCUT2D eigenvalue weighted by atomic mass is 32.2. The second-order valence-electron chi connectivity index (χ2n) is 7.32. The van der Waals surface area contributed by atoms with E-state index in [2.05, 4.69) is 5.32 Å². The van der Waals surface area contributed by atoms with Gasteiger partial charge in [0.1, 0.15) is 0 Å². The number of carbonyl (C=O) groups excluding carboxylic acids is 2. The van der Waals surface area contributed by atoms with Crippen LogP contribution >= 0.6 is 11.8 Å². The predicted molar refractivity (Wildman–Crippen MR) is 109 cm³/mol. The molecule has 2 aromatic rings.